The zero-order valence-electron chi connectivity index (χ0n) is 11.9. The molecule has 1 saturated heterocycles. The number of carbonyl (C=O) groups excluding carboxylic acids is 1. The minimum absolute atomic E-state index is 0.204. The molecule has 20 heavy (non-hydrogen) atoms. The second kappa shape index (κ2) is 5.17. The van der Waals surface area contributed by atoms with E-state index >= 15 is 0 Å². The highest BCUT2D eigenvalue weighted by molar-refractivity contribution is 5.82. The van der Waals surface area contributed by atoms with Crippen LogP contribution in [0, 0.1) is 17.2 Å². The van der Waals surface area contributed by atoms with Gasteiger partial charge in [0.05, 0.1) is 0 Å². The molecule has 1 heterocycles. The summed E-state index contributed by atoms with van der Waals surface area (Å²) in [6.07, 6.45) is 3.28. The first-order chi connectivity index (χ1) is 9.61. The maximum Gasteiger partial charge on any atom is 0.226 e. The molecule has 1 aromatic rings. The minimum atomic E-state index is -0.237. The van der Waals surface area contributed by atoms with Crippen LogP contribution in [0.2, 0.25) is 0 Å². The van der Waals surface area contributed by atoms with Gasteiger partial charge in [-0.25, -0.2) is 4.39 Å². The monoisotopic (exact) mass is 276 g/mol. The fourth-order valence-corrected chi connectivity index (χ4v) is 3.38. The molecule has 2 fully saturated rings. The molecule has 1 saturated carbocycles. The molecular formula is C16H21FN2O. The predicted octanol–water partition coefficient (Wildman–Crippen LogP) is 2.17. The molecular weight excluding hydrogens is 255 g/mol. The summed E-state index contributed by atoms with van der Waals surface area (Å²) in [5.74, 6) is 0.213. The van der Waals surface area contributed by atoms with Gasteiger partial charge in [-0.2, -0.15) is 0 Å². The van der Waals surface area contributed by atoms with E-state index in [1.807, 2.05) is 7.05 Å². The van der Waals surface area contributed by atoms with Crippen LogP contribution >= 0.6 is 0 Å². The number of piperidine rings is 1. The zero-order chi connectivity index (χ0) is 14.2. The summed E-state index contributed by atoms with van der Waals surface area (Å²) in [5, 5.41) is 3.35. The lowest BCUT2D eigenvalue weighted by atomic mass is 9.91. The van der Waals surface area contributed by atoms with Crippen molar-refractivity contribution in [3.63, 3.8) is 0 Å². The van der Waals surface area contributed by atoms with Gasteiger partial charge in [-0.3, -0.25) is 4.79 Å². The van der Waals surface area contributed by atoms with Crippen LogP contribution in [0.1, 0.15) is 24.8 Å². The van der Waals surface area contributed by atoms with Gasteiger partial charge in [-0.15, -0.1) is 0 Å². The van der Waals surface area contributed by atoms with Gasteiger partial charge < -0.3 is 10.2 Å². The standard InChI is InChI=1S/C16H21FN2O/c1-19(11-12-2-4-13(17)5-3-12)15(20)14-10-16(14)6-8-18-9-7-16/h2-5,14,18H,6-11H2,1H3. The molecule has 1 unspecified atom stereocenters. The Morgan fingerprint density at radius 2 is 2.00 bits per heavy atom. The van der Waals surface area contributed by atoms with Crippen molar-refractivity contribution in [3.05, 3.63) is 35.6 Å². The largest absolute Gasteiger partial charge is 0.341 e. The van der Waals surface area contributed by atoms with Crippen LogP contribution in [0.5, 0.6) is 0 Å². The quantitative estimate of drug-likeness (QED) is 0.917. The average Bonchev–Trinajstić information content (AvgIpc) is 3.14. The molecule has 3 rings (SSSR count). The van der Waals surface area contributed by atoms with E-state index in [2.05, 4.69) is 5.32 Å². The Balaban J connectivity index is 1.59. The molecule has 1 spiro atoms. The molecule has 0 aromatic heterocycles. The first-order valence-electron chi connectivity index (χ1n) is 7.31. The Morgan fingerprint density at radius 3 is 2.65 bits per heavy atom. The second-order valence-corrected chi connectivity index (χ2v) is 6.19. The van der Waals surface area contributed by atoms with E-state index in [4.69, 9.17) is 0 Å². The van der Waals surface area contributed by atoms with E-state index in [0.717, 1.165) is 37.9 Å². The summed E-state index contributed by atoms with van der Waals surface area (Å²) < 4.78 is 12.9. The molecule has 2 aliphatic rings. The molecule has 4 heteroatoms. The van der Waals surface area contributed by atoms with E-state index in [9.17, 15) is 9.18 Å². The van der Waals surface area contributed by atoms with Crippen molar-refractivity contribution in [1.29, 1.82) is 0 Å². The lowest BCUT2D eigenvalue weighted by molar-refractivity contribution is -0.132. The van der Waals surface area contributed by atoms with E-state index in [0.29, 0.717) is 6.54 Å². The third-order valence-electron chi connectivity index (χ3n) is 4.80. The number of nitrogens with zero attached hydrogens (tertiary/aromatic N) is 1. The van der Waals surface area contributed by atoms with Gasteiger partial charge in [0.25, 0.3) is 0 Å². The molecule has 108 valence electrons. The minimum Gasteiger partial charge on any atom is -0.341 e. The van der Waals surface area contributed by atoms with Crippen molar-refractivity contribution in [2.75, 3.05) is 20.1 Å². The lowest BCUT2D eigenvalue weighted by Crippen LogP contribution is -2.34. The van der Waals surface area contributed by atoms with Gasteiger partial charge in [-0.1, -0.05) is 12.1 Å². The number of halogens is 1. The van der Waals surface area contributed by atoms with Crippen LogP contribution in [-0.2, 0) is 11.3 Å². The average molecular weight is 276 g/mol. The summed E-state index contributed by atoms with van der Waals surface area (Å²) in [7, 11) is 1.85. The summed E-state index contributed by atoms with van der Waals surface area (Å²) in [6, 6.07) is 6.37. The van der Waals surface area contributed by atoms with E-state index in [-0.39, 0.29) is 23.1 Å². The van der Waals surface area contributed by atoms with Crippen molar-refractivity contribution in [3.8, 4) is 0 Å². The van der Waals surface area contributed by atoms with E-state index in [1.165, 1.54) is 12.1 Å². The molecule has 1 atom stereocenters. The molecule has 1 N–H and O–H groups in total. The highest BCUT2D eigenvalue weighted by Crippen LogP contribution is 2.59. The van der Waals surface area contributed by atoms with Crippen LogP contribution in [0.3, 0.4) is 0 Å². The van der Waals surface area contributed by atoms with Crippen molar-refractivity contribution < 1.29 is 9.18 Å². The van der Waals surface area contributed by atoms with Gasteiger partial charge in [0.2, 0.25) is 5.91 Å². The van der Waals surface area contributed by atoms with Crippen molar-refractivity contribution in [2.24, 2.45) is 11.3 Å². The van der Waals surface area contributed by atoms with Gasteiger partial charge in [0, 0.05) is 19.5 Å². The number of carbonyl (C=O) groups is 1. The van der Waals surface area contributed by atoms with Crippen LogP contribution in [0.15, 0.2) is 24.3 Å². The fourth-order valence-electron chi connectivity index (χ4n) is 3.38. The molecule has 3 nitrogen and oxygen atoms in total. The third-order valence-corrected chi connectivity index (χ3v) is 4.80. The molecule has 0 bridgehead atoms. The number of nitrogens with one attached hydrogen (secondary N) is 1. The molecule has 1 amide bonds. The van der Waals surface area contributed by atoms with Crippen molar-refractivity contribution in [1.82, 2.24) is 10.2 Å². The van der Waals surface area contributed by atoms with Gasteiger partial charge in [0.1, 0.15) is 5.82 Å². The number of benzene rings is 1. The molecule has 0 radical (unpaired) electrons. The van der Waals surface area contributed by atoms with Gasteiger partial charge in [-0.05, 0) is 55.5 Å². The predicted molar refractivity (Wildman–Crippen MR) is 75.5 cm³/mol. The maximum absolute atomic E-state index is 12.9. The van der Waals surface area contributed by atoms with Crippen LogP contribution in [0.4, 0.5) is 4.39 Å². The Morgan fingerprint density at radius 1 is 1.35 bits per heavy atom. The summed E-state index contributed by atoms with van der Waals surface area (Å²) in [4.78, 5) is 14.3. The summed E-state index contributed by atoms with van der Waals surface area (Å²) >= 11 is 0. The van der Waals surface area contributed by atoms with Crippen molar-refractivity contribution >= 4 is 5.91 Å². The second-order valence-electron chi connectivity index (χ2n) is 6.19. The normalized spacial score (nSPS) is 23.6. The van der Waals surface area contributed by atoms with Crippen LogP contribution in [-0.4, -0.2) is 30.9 Å². The number of rotatable bonds is 3. The van der Waals surface area contributed by atoms with Gasteiger partial charge in [0.15, 0.2) is 0 Å². The molecule has 1 aliphatic carbocycles. The number of amides is 1. The van der Waals surface area contributed by atoms with E-state index in [1.54, 1.807) is 17.0 Å². The Bertz CT molecular complexity index is 494. The topological polar surface area (TPSA) is 32.3 Å². The number of hydrogen-bond acceptors (Lipinski definition) is 2. The van der Waals surface area contributed by atoms with E-state index < -0.39 is 0 Å². The maximum atomic E-state index is 12.9. The lowest BCUT2D eigenvalue weighted by Gasteiger charge is -2.25. The zero-order valence-corrected chi connectivity index (χ0v) is 11.9. The first-order valence-corrected chi connectivity index (χ1v) is 7.31. The van der Waals surface area contributed by atoms with Crippen LogP contribution < -0.4 is 5.32 Å². The molecule has 1 aliphatic heterocycles. The summed E-state index contributed by atoms with van der Waals surface area (Å²) in [6.45, 7) is 2.63. The number of hydrogen-bond donors (Lipinski definition) is 1. The Labute approximate surface area is 119 Å². The SMILES string of the molecule is CN(Cc1ccc(F)cc1)C(=O)C1CC12CCNCC2. The fraction of sp³-hybridized carbons (Fsp3) is 0.562. The Kier molecular flexibility index (Phi) is 3.50. The summed E-state index contributed by atoms with van der Waals surface area (Å²) in [5.41, 5.74) is 1.25. The third kappa shape index (κ3) is 2.57. The Hall–Kier alpha value is -1.42. The highest BCUT2D eigenvalue weighted by Gasteiger charge is 2.58. The smallest absolute Gasteiger partial charge is 0.226 e. The van der Waals surface area contributed by atoms with Crippen LogP contribution in [0.25, 0.3) is 0 Å². The van der Waals surface area contributed by atoms with Gasteiger partial charge >= 0.3 is 0 Å². The highest BCUT2D eigenvalue weighted by atomic mass is 19.1. The molecule has 1 aromatic carbocycles. The van der Waals surface area contributed by atoms with Crippen molar-refractivity contribution in [2.45, 2.75) is 25.8 Å². The first kappa shape index (κ1) is 13.6.